The zero-order chi connectivity index (χ0) is 9.10. The minimum Gasteiger partial charge on any atom is -0.299 e. The van der Waals surface area contributed by atoms with Gasteiger partial charge in [0.25, 0.3) is 0 Å². The number of Topliss-reactive ketones (excluding diaryl/α,β-unsaturated/α-hetero) is 1. The smallest absolute Gasteiger partial charge is 0.136 e. The number of ketones is 1. The van der Waals surface area contributed by atoms with Gasteiger partial charge in [0.15, 0.2) is 0 Å². The third kappa shape index (κ3) is 2.12. The molecule has 13 heavy (non-hydrogen) atoms. The van der Waals surface area contributed by atoms with Crippen molar-refractivity contribution in [2.24, 2.45) is 11.8 Å². The van der Waals surface area contributed by atoms with Crippen LogP contribution in [-0.4, -0.2) is 5.78 Å². The van der Waals surface area contributed by atoms with E-state index in [1.165, 1.54) is 44.9 Å². The summed E-state index contributed by atoms with van der Waals surface area (Å²) in [5, 5.41) is 0. The molecule has 0 bridgehead atoms. The Morgan fingerprint density at radius 1 is 0.846 bits per heavy atom. The van der Waals surface area contributed by atoms with Crippen molar-refractivity contribution < 1.29 is 4.79 Å². The molecule has 0 spiro atoms. The number of rotatable bonds is 0. The quantitative estimate of drug-likeness (QED) is 0.559. The largest absolute Gasteiger partial charge is 0.299 e. The Balaban J connectivity index is 2.02. The maximum absolute atomic E-state index is 11.8. The Morgan fingerprint density at radius 3 is 2.38 bits per heavy atom. The van der Waals surface area contributed by atoms with Crippen molar-refractivity contribution in [2.45, 2.75) is 57.8 Å². The highest BCUT2D eigenvalue weighted by Gasteiger charge is 2.30. The lowest BCUT2D eigenvalue weighted by Gasteiger charge is -2.32. The average molecular weight is 180 g/mol. The third-order valence-corrected chi connectivity index (χ3v) is 3.82. The maximum Gasteiger partial charge on any atom is 0.136 e. The predicted octanol–water partition coefficient (Wildman–Crippen LogP) is 3.33. The van der Waals surface area contributed by atoms with Gasteiger partial charge in [0.2, 0.25) is 0 Å². The second kappa shape index (κ2) is 4.26. The molecule has 2 fully saturated rings. The fourth-order valence-electron chi connectivity index (χ4n) is 3.04. The molecule has 2 atom stereocenters. The first-order chi connectivity index (χ1) is 6.38. The van der Waals surface area contributed by atoms with Gasteiger partial charge in [0, 0.05) is 12.3 Å². The monoisotopic (exact) mass is 180 g/mol. The molecule has 1 heteroatoms. The normalized spacial score (nSPS) is 36.2. The van der Waals surface area contributed by atoms with Crippen LogP contribution in [0, 0.1) is 11.8 Å². The van der Waals surface area contributed by atoms with Crippen LogP contribution in [0.25, 0.3) is 0 Å². The Bertz CT molecular complexity index is 186. The highest BCUT2D eigenvalue weighted by atomic mass is 16.1. The Morgan fingerprint density at radius 2 is 1.54 bits per heavy atom. The summed E-state index contributed by atoms with van der Waals surface area (Å²) in [4.78, 5) is 11.8. The van der Waals surface area contributed by atoms with Crippen LogP contribution in [0.15, 0.2) is 0 Å². The van der Waals surface area contributed by atoms with Crippen molar-refractivity contribution in [3.63, 3.8) is 0 Å². The molecule has 1 nitrogen and oxygen atoms in total. The zero-order valence-electron chi connectivity index (χ0n) is 8.43. The zero-order valence-corrected chi connectivity index (χ0v) is 8.43. The third-order valence-electron chi connectivity index (χ3n) is 3.82. The van der Waals surface area contributed by atoms with Gasteiger partial charge in [-0.15, -0.1) is 0 Å². The maximum atomic E-state index is 11.8. The van der Waals surface area contributed by atoms with Gasteiger partial charge in [0.05, 0.1) is 0 Å². The molecule has 2 unspecified atom stereocenters. The number of carbonyl (C=O) groups is 1. The van der Waals surface area contributed by atoms with Crippen LogP contribution < -0.4 is 0 Å². The summed E-state index contributed by atoms with van der Waals surface area (Å²) in [5.41, 5.74) is 0. The van der Waals surface area contributed by atoms with Gasteiger partial charge < -0.3 is 0 Å². The highest BCUT2D eigenvalue weighted by molar-refractivity contribution is 5.81. The first-order valence-electron chi connectivity index (χ1n) is 5.90. The summed E-state index contributed by atoms with van der Waals surface area (Å²) in [6.07, 6.45) is 11.2. The highest BCUT2D eigenvalue weighted by Crippen LogP contribution is 2.36. The minimum absolute atomic E-state index is 0.467. The van der Waals surface area contributed by atoms with Crippen molar-refractivity contribution >= 4 is 5.78 Å². The second-order valence-electron chi connectivity index (χ2n) is 4.72. The van der Waals surface area contributed by atoms with E-state index in [0.717, 1.165) is 18.8 Å². The van der Waals surface area contributed by atoms with Crippen LogP contribution in [-0.2, 0) is 4.79 Å². The van der Waals surface area contributed by atoms with Crippen molar-refractivity contribution in [3.8, 4) is 0 Å². The average Bonchev–Trinajstić information content (AvgIpc) is 2.14. The van der Waals surface area contributed by atoms with Gasteiger partial charge in [-0.2, -0.15) is 0 Å². The molecule has 2 aliphatic rings. The van der Waals surface area contributed by atoms with E-state index in [1.807, 2.05) is 0 Å². The van der Waals surface area contributed by atoms with Gasteiger partial charge >= 0.3 is 0 Å². The number of fused-ring (bicyclic) bond motifs is 1. The van der Waals surface area contributed by atoms with Gasteiger partial charge in [0.1, 0.15) is 5.78 Å². The van der Waals surface area contributed by atoms with Crippen LogP contribution >= 0.6 is 0 Å². The Hall–Kier alpha value is -0.330. The second-order valence-corrected chi connectivity index (χ2v) is 4.72. The fourth-order valence-corrected chi connectivity index (χ4v) is 3.04. The van der Waals surface area contributed by atoms with E-state index >= 15 is 0 Å². The standard InChI is InChI=1S/C12H20O/c13-12-9-3-1-2-6-10-7-4-5-8-11(10)12/h10-11H,1-9H2. The van der Waals surface area contributed by atoms with Gasteiger partial charge in [-0.25, -0.2) is 0 Å². The molecule has 74 valence electrons. The lowest BCUT2D eigenvalue weighted by atomic mass is 9.72. The molecule has 0 aliphatic heterocycles. The first-order valence-corrected chi connectivity index (χ1v) is 5.90. The van der Waals surface area contributed by atoms with Crippen LogP contribution in [0.5, 0.6) is 0 Å². The van der Waals surface area contributed by atoms with E-state index in [0.29, 0.717) is 11.7 Å². The molecule has 0 aromatic rings. The predicted molar refractivity (Wildman–Crippen MR) is 53.5 cm³/mol. The lowest BCUT2D eigenvalue weighted by Crippen LogP contribution is -2.28. The number of carbonyl (C=O) groups excluding carboxylic acids is 1. The molecule has 2 aliphatic carbocycles. The summed E-state index contributed by atoms with van der Waals surface area (Å²) in [7, 11) is 0. The van der Waals surface area contributed by atoms with Crippen LogP contribution in [0.1, 0.15) is 57.8 Å². The summed E-state index contributed by atoms with van der Waals surface area (Å²) in [6, 6.07) is 0. The van der Waals surface area contributed by atoms with E-state index in [4.69, 9.17) is 0 Å². The Labute approximate surface area is 80.9 Å². The van der Waals surface area contributed by atoms with Gasteiger partial charge in [-0.1, -0.05) is 25.7 Å². The summed E-state index contributed by atoms with van der Waals surface area (Å²) in [5.74, 6) is 1.82. The molecule has 0 saturated heterocycles. The number of hydrogen-bond acceptors (Lipinski definition) is 1. The molecular weight excluding hydrogens is 160 g/mol. The summed E-state index contributed by atoms with van der Waals surface area (Å²) >= 11 is 0. The number of hydrogen-bond donors (Lipinski definition) is 0. The SMILES string of the molecule is O=C1CCCCCC2CCCCC12. The van der Waals surface area contributed by atoms with Crippen molar-refractivity contribution in [3.05, 3.63) is 0 Å². The molecule has 0 radical (unpaired) electrons. The van der Waals surface area contributed by atoms with E-state index in [9.17, 15) is 4.79 Å². The van der Waals surface area contributed by atoms with E-state index in [-0.39, 0.29) is 0 Å². The molecule has 2 saturated carbocycles. The fraction of sp³-hybridized carbons (Fsp3) is 0.917. The van der Waals surface area contributed by atoms with Gasteiger partial charge in [-0.3, -0.25) is 4.79 Å². The van der Waals surface area contributed by atoms with Crippen molar-refractivity contribution in [1.29, 1.82) is 0 Å². The summed E-state index contributed by atoms with van der Waals surface area (Å²) < 4.78 is 0. The molecule has 0 amide bonds. The molecule has 2 rings (SSSR count). The minimum atomic E-state index is 0.467. The van der Waals surface area contributed by atoms with E-state index in [1.54, 1.807) is 0 Å². The van der Waals surface area contributed by atoms with Crippen LogP contribution in [0.3, 0.4) is 0 Å². The summed E-state index contributed by atoms with van der Waals surface area (Å²) in [6.45, 7) is 0. The molecular formula is C12H20O. The van der Waals surface area contributed by atoms with E-state index < -0.39 is 0 Å². The molecule has 0 N–H and O–H groups in total. The lowest BCUT2D eigenvalue weighted by molar-refractivity contribution is -0.126. The first kappa shape index (κ1) is 9.23. The van der Waals surface area contributed by atoms with Crippen molar-refractivity contribution in [1.82, 2.24) is 0 Å². The van der Waals surface area contributed by atoms with Crippen LogP contribution in [0.4, 0.5) is 0 Å². The Kier molecular flexibility index (Phi) is 3.02. The van der Waals surface area contributed by atoms with Gasteiger partial charge in [-0.05, 0) is 31.6 Å². The molecule has 0 aromatic carbocycles. The van der Waals surface area contributed by atoms with Crippen LogP contribution in [0.2, 0.25) is 0 Å². The molecule has 0 aromatic heterocycles. The molecule has 0 heterocycles. The topological polar surface area (TPSA) is 17.1 Å². The van der Waals surface area contributed by atoms with Crippen molar-refractivity contribution in [2.75, 3.05) is 0 Å². The van der Waals surface area contributed by atoms with E-state index in [2.05, 4.69) is 0 Å².